The second kappa shape index (κ2) is 6.89. The maximum absolute atomic E-state index is 12.1. The number of amides is 1. The summed E-state index contributed by atoms with van der Waals surface area (Å²) < 4.78 is 10.4. The Balaban J connectivity index is 2.91. The molecule has 0 bridgehead atoms. The molecule has 18 heavy (non-hydrogen) atoms. The summed E-state index contributed by atoms with van der Waals surface area (Å²) in [6.07, 6.45) is 1.99. The zero-order valence-corrected chi connectivity index (χ0v) is 11.4. The van der Waals surface area contributed by atoms with Crippen LogP contribution in [0.1, 0.15) is 37.0 Å². The summed E-state index contributed by atoms with van der Waals surface area (Å²) >= 11 is 0. The third-order valence-electron chi connectivity index (χ3n) is 2.75. The maximum atomic E-state index is 12.1. The molecule has 100 valence electrons. The SMILES string of the molecule is CCC[C@H](C)NC(=O)c1cccc(OC)c1OC. The van der Waals surface area contributed by atoms with Crippen molar-refractivity contribution in [1.29, 1.82) is 0 Å². The van der Waals surface area contributed by atoms with E-state index in [4.69, 9.17) is 9.47 Å². The van der Waals surface area contributed by atoms with Crippen LogP contribution in [-0.2, 0) is 0 Å². The van der Waals surface area contributed by atoms with Crippen molar-refractivity contribution >= 4 is 5.91 Å². The Hall–Kier alpha value is -1.71. The zero-order chi connectivity index (χ0) is 13.5. The molecule has 0 radical (unpaired) electrons. The van der Waals surface area contributed by atoms with Gasteiger partial charge in [0.1, 0.15) is 0 Å². The number of hydrogen-bond acceptors (Lipinski definition) is 3. The molecule has 0 aromatic heterocycles. The van der Waals surface area contributed by atoms with Gasteiger partial charge in [0.05, 0.1) is 19.8 Å². The first-order chi connectivity index (χ1) is 8.63. The summed E-state index contributed by atoms with van der Waals surface area (Å²) in [5, 5.41) is 2.95. The topological polar surface area (TPSA) is 47.6 Å². The van der Waals surface area contributed by atoms with Gasteiger partial charge in [-0.25, -0.2) is 0 Å². The minimum atomic E-state index is -0.133. The van der Waals surface area contributed by atoms with Crippen molar-refractivity contribution in [3.8, 4) is 11.5 Å². The van der Waals surface area contributed by atoms with Crippen LogP contribution in [0.15, 0.2) is 18.2 Å². The van der Waals surface area contributed by atoms with E-state index >= 15 is 0 Å². The summed E-state index contributed by atoms with van der Waals surface area (Å²) in [6.45, 7) is 4.09. The van der Waals surface area contributed by atoms with Crippen molar-refractivity contribution in [2.45, 2.75) is 32.7 Å². The Morgan fingerprint density at radius 2 is 2.06 bits per heavy atom. The van der Waals surface area contributed by atoms with Crippen LogP contribution in [0.3, 0.4) is 0 Å². The van der Waals surface area contributed by atoms with Crippen molar-refractivity contribution < 1.29 is 14.3 Å². The van der Waals surface area contributed by atoms with Gasteiger partial charge < -0.3 is 14.8 Å². The highest BCUT2D eigenvalue weighted by atomic mass is 16.5. The Morgan fingerprint density at radius 1 is 1.33 bits per heavy atom. The summed E-state index contributed by atoms with van der Waals surface area (Å²) in [7, 11) is 3.09. The normalized spacial score (nSPS) is 11.8. The fourth-order valence-corrected chi connectivity index (χ4v) is 1.87. The zero-order valence-electron chi connectivity index (χ0n) is 11.4. The fraction of sp³-hybridized carbons (Fsp3) is 0.500. The van der Waals surface area contributed by atoms with Crippen molar-refractivity contribution in [2.75, 3.05) is 14.2 Å². The quantitative estimate of drug-likeness (QED) is 0.845. The third kappa shape index (κ3) is 3.39. The number of methoxy groups -OCH3 is 2. The molecule has 0 saturated heterocycles. The highest BCUT2D eigenvalue weighted by Crippen LogP contribution is 2.30. The van der Waals surface area contributed by atoms with Crippen molar-refractivity contribution in [1.82, 2.24) is 5.32 Å². The number of carbonyl (C=O) groups excluding carboxylic acids is 1. The molecule has 0 saturated carbocycles. The van der Waals surface area contributed by atoms with Gasteiger partial charge >= 0.3 is 0 Å². The van der Waals surface area contributed by atoms with E-state index in [-0.39, 0.29) is 11.9 Å². The van der Waals surface area contributed by atoms with Crippen LogP contribution in [0.4, 0.5) is 0 Å². The van der Waals surface area contributed by atoms with E-state index in [0.29, 0.717) is 17.1 Å². The number of nitrogens with one attached hydrogen (secondary N) is 1. The number of ether oxygens (including phenoxy) is 2. The summed E-state index contributed by atoms with van der Waals surface area (Å²) in [4.78, 5) is 12.1. The summed E-state index contributed by atoms with van der Waals surface area (Å²) in [6, 6.07) is 5.43. The van der Waals surface area contributed by atoms with E-state index < -0.39 is 0 Å². The lowest BCUT2D eigenvalue weighted by Gasteiger charge is -2.15. The average molecular weight is 251 g/mol. The molecule has 0 aliphatic heterocycles. The predicted octanol–water partition coefficient (Wildman–Crippen LogP) is 2.62. The number of para-hydroxylation sites is 1. The number of rotatable bonds is 6. The monoisotopic (exact) mass is 251 g/mol. The largest absolute Gasteiger partial charge is 0.493 e. The van der Waals surface area contributed by atoms with Gasteiger partial charge in [-0.15, -0.1) is 0 Å². The van der Waals surface area contributed by atoms with E-state index in [0.717, 1.165) is 12.8 Å². The van der Waals surface area contributed by atoms with Crippen LogP contribution in [0.25, 0.3) is 0 Å². The van der Waals surface area contributed by atoms with Crippen molar-refractivity contribution in [3.63, 3.8) is 0 Å². The van der Waals surface area contributed by atoms with E-state index in [1.54, 1.807) is 25.3 Å². The standard InChI is InChI=1S/C14H21NO3/c1-5-7-10(2)15-14(16)11-8-6-9-12(17-3)13(11)18-4/h6,8-10H,5,7H2,1-4H3,(H,15,16)/t10-/m0/s1. The van der Waals surface area contributed by atoms with Gasteiger partial charge in [0.2, 0.25) is 0 Å². The van der Waals surface area contributed by atoms with Crippen LogP contribution < -0.4 is 14.8 Å². The number of carbonyl (C=O) groups is 1. The number of benzene rings is 1. The van der Waals surface area contributed by atoms with Crippen LogP contribution in [-0.4, -0.2) is 26.2 Å². The predicted molar refractivity (Wildman–Crippen MR) is 71.4 cm³/mol. The molecule has 0 fully saturated rings. The second-order valence-electron chi connectivity index (χ2n) is 4.20. The van der Waals surface area contributed by atoms with Gasteiger partial charge in [-0.3, -0.25) is 4.79 Å². The molecular weight excluding hydrogens is 230 g/mol. The van der Waals surface area contributed by atoms with Gasteiger partial charge in [0.25, 0.3) is 5.91 Å². The first-order valence-corrected chi connectivity index (χ1v) is 6.15. The van der Waals surface area contributed by atoms with Crippen LogP contribution >= 0.6 is 0 Å². The minimum Gasteiger partial charge on any atom is -0.493 e. The highest BCUT2D eigenvalue weighted by Gasteiger charge is 2.17. The third-order valence-corrected chi connectivity index (χ3v) is 2.75. The molecule has 1 N–H and O–H groups in total. The molecule has 1 aromatic rings. The van der Waals surface area contributed by atoms with Crippen LogP contribution in [0.2, 0.25) is 0 Å². The molecule has 0 heterocycles. The van der Waals surface area contributed by atoms with E-state index in [1.807, 2.05) is 6.92 Å². The molecule has 0 aliphatic carbocycles. The van der Waals surface area contributed by atoms with Gasteiger partial charge in [0.15, 0.2) is 11.5 Å². The Morgan fingerprint density at radius 3 is 2.61 bits per heavy atom. The van der Waals surface area contributed by atoms with E-state index in [1.165, 1.54) is 7.11 Å². The molecular formula is C14H21NO3. The van der Waals surface area contributed by atoms with Gasteiger partial charge in [-0.2, -0.15) is 0 Å². The molecule has 0 spiro atoms. The van der Waals surface area contributed by atoms with Gasteiger partial charge in [0, 0.05) is 6.04 Å². The fourth-order valence-electron chi connectivity index (χ4n) is 1.87. The molecule has 4 heteroatoms. The van der Waals surface area contributed by atoms with Gasteiger partial charge in [-0.1, -0.05) is 19.4 Å². The molecule has 1 amide bonds. The Kier molecular flexibility index (Phi) is 5.49. The Labute approximate surface area is 108 Å². The molecule has 1 aromatic carbocycles. The molecule has 0 unspecified atom stereocenters. The lowest BCUT2D eigenvalue weighted by molar-refractivity contribution is 0.0934. The highest BCUT2D eigenvalue weighted by molar-refractivity contribution is 5.97. The van der Waals surface area contributed by atoms with Crippen molar-refractivity contribution in [3.05, 3.63) is 23.8 Å². The molecule has 1 atom stereocenters. The lowest BCUT2D eigenvalue weighted by atomic mass is 10.1. The molecule has 1 rings (SSSR count). The maximum Gasteiger partial charge on any atom is 0.255 e. The molecule has 4 nitrogen and oxygen atoms in total. The summed E-state index contributed by atoms with van der Waals surface area (Å²) in [5.41, 5.74) is 0.500. The minimum absolute atomic E-state index is 0.133. The Bertz CT molecular complexity index is 404. The number of hydrogen-bond donors (Lipinski definition) is 1. The first kappa shape index (κ1) is 14.4. The van der Waals surface area contributed by atoms with Gasteiger partial charge in [-0.05, 0) is 25.5 Å². The lowest BCUT2D eigenvalue weighted by Crippen LogP contribution is -2.32. The second-order valence-corrected chi connectivity index (χ2v) is 4.20. The summed E-state index contributed by atoms with van der Waals surface area (Å²) in [5.74, 6) is 0.904. The van der Waals surface area contributed by atoms with Crippen LogP contribution in [0, 0.1) is 0 Å². The molecule has 0 aliphatic rings. The average Bonchev–Trinajstić information content (AvgIpc) is 2.37. The van der Waals surface area contributed by atoms with Crippen molar-refractivity contribution in [2.24, 2.45) is 0 Å². The smallest absolute Gasteiger partial charge is 0.255 e. The van der Waals surface area contributed by atoms with Crippen LogP contribution in [0.5, 0.6) is 11.5 Å². The van der Waals surface area contributed by atoms with E-state index in [2.05, 4.69) is 12.2 Å². The first-order valence-electron chi connectivity index (χ1n) is 6.15. The van der Waals surface area contributed by atoms with E-state index in [9.17, 15) is 4.79 Å².